The number of unbranched alkanes of at least 4 members (excludes halogenated alkanes) is 30. The first-order valence-electron chi connectivity index (χ1n) is 35.2. The predicted molar refractivity (Wildman–Crippen MR) is 349 cm³/mol. The number of aliphatic hydroxyl groups excluding tert-OH is 1. The second-order valence-corrected chi connectivity index (χ2v) is 29.1. The third kappa shape index (κ3) is 61.3. The molecular formula is C68H132O17P2. The second-order valence-electron chi connectivity index (χ2n) is 26.2. The van der Waals surface area contributed by atoms with Crippen LogP contribution in [0.5, 0.6) is 0 Å². The van der Waals surface area contributed by atoms with E-state index in [4.69, 9.17) is 37.0 Å². The summed E-state index contributed by atoms with van der Waals surface area (Å²) in [6, 6.07) is 0. The molecule has 87 heavy (non-hydrogen) atoms. The van der Waals surface area contributed by atoms with Crippen molar-refractivity contribution in [2.75, 3.05) is 39.6 Å². The summed E-state index contributed by atoms with van der Waals surface area (Å²) in [6.45, 7) is 14.0. The van der Waals surface area contributed by atoms with Crippen LogP contribution in [0.2, 0.25) is 0 Å². The summed E-state index contributed by atoms with van der Waals surface area (Å²) in [4.78, 5) is 72.4. The van der Waals surface area contributed by atoms with Crippen LogP contribution in [0.3, 0.4) is 0 Å². The van der Waals surface area contributed by atoms with Gasteiger partial charge < -0.3 is 33.8 Å². The zero-order chi connectivity index (χ0) is 64.7. The Morgan fingerprint density at radius 1 is 0.322 bits per heavy atom. The highest BCUT2D eigenvalue weighted by atomic mass is 31.2. The van der Waals surface area contributed by atoms with Gasteiger partial charge in [0.2, 0.25) is 0 Å². The minimum Gasteiger partial charge on any atom is -0.462 e. The molecule has 0 radical (unpaired) electrons. The number of rotatable bonds is 65. The van der Waals surface area contributed by atoms with Crippen molar-refractivity contribution in [1.29, 1.82) is 0 Å². The molecule has 0 aromatic carbocycles. The molecule has 0 saturated heterocycles. The molecule has 0 bridgehead atoms. The summed E-state index contributed by atoms with van der Waals surface area (Å²) in [6.07, 6.45) is 39.0. The quantitative estimate of drug-likeness (QED) is 0.0222. The lowest BCUT2D eigenvalue weighted by Crippen LogP contribution is -2.30. The van der Waals surface area contributed by atoms with E-state index in [0.717, 1.165) is 114 Å². The molecular weight excluding hydrogens is 1150 g/mol. The highest BCUT2D eigenvalue weighted by Gasteiger charge is 2.30. The topological polar surface area (TPSA) is 237 Å². The van der Waals surface area contributed by atoms with Gasteiger partial charge in [-0.1, -0.05) is 280 Å². The molecule has 17 nitrogen and oxygen atoms in total. The average molecular weight is 1280 g/mol. The molecule has 4 unspecified atom stereocenters. The number of esters is 4. The number of aliphatic hydroxyl groups is 1. The Labute approximate surface area is 530 Å². The van der Waals surface area contributed by atoms with Crippen LogP contribution in [0.1, 0.15) is 331 Å². The number of carbonyl (C=O) groups excluding carboxylic acids is 4. The Bertz CT molecular complexity index is 1730. The Kier molecular flexibility index (Phi) is 56.6. The molecule has 0 aliphatic heterocycles. The molecule has 3 N–H and O–H groups in total. The van der Waals surface area contributed by atoms with Gasteiger partial charge >= 0.3 is 39.5 Å². The molecule has 0 aromatic rings. The van der Waals surface area contributed by atoms with Crippen molar-refractivity contribution >= 4 is 39.5 Å². The second kappa shape index (κ2) is 57.9. The standard InChI is InChI=1S/C68H132O17P2/c1-9-61(8)47-39-31-26-27-35-43-51-68(73)85-64(55-79-66(71)49-41-33-25-19-22-30-38-46-60(6)7)57-83-87(76,77)81-53-62(69)52-80-86(74,75)82-56-63(54-78-65(70)48-40-32-23-18-14-16-21-29-37-45-59(4)5)84-67(72)50-42-34-24-17-13-11-10-12-15-20-28-36-44-58(2)3/h58-64,69H,9-57H2,1-8H3,(H,74,75)(H,76,77)/t61?,62?,63-,64-/m1/s1. The minimum absolute atomic E-state index is 0.102. The molecule has 0 spiro atoms. The molecule has 0 amide bonds. The van der Waals surface area contributed by atoms with Crippen molar-refractivity contribution in [3.63, 3.8) is 0 Å². The normalized spacial score (nSPS) is 14.6. The van der Waals surface area contributed by atoms with Gasteiger partial charge in [-0.25, -0.2) is 9.13 Å². The first-order valence-corrected chi connectivity index (χ1v) is 38.2. The lowest BCUT2D eigenvalue weighted by molar-refractivity contribution is -0.161. The lowest BCUT2D eigenvalue weighted by Gasteiger charge is -2.21. The van der Waals surface area contributed by atoms with Crippen LogP contribution in [0.15, 0.2) is 0 Å². The van der Waals surface area contributed by atoms with Crippen molar-refractivity contribution in [3.05, 3.63) is 0 Å². The van der Waals surface area contributed by atoms with Crippen molar-refractivity contribution in [2.45, 2.75) is 350 Å². The zero-order valence-electron chi connectivity index (χ0n) is 56.6. The van der Waals surface area contributed by atoms with Gasteiger partial charge in [0, 0.05) is 25.7 Å². The molecule has 0 heterocycles. The van der Waals surface area contributed by atoms with Crippen molar-refractivity contribution in [1.82, 2.24) is 0 Å². The molecule has 6 atom stereocenters. The Hall–Kier alpha value is -1.94. The van der Waals surface area contributed by atoms with Crippen LogP contribution in [0, 0.1) is 23.7 Å². The summed E-state index contributed by atoms with van der Waals surface area (Å²) in [7, 11) is -9.90. The Morgan fingerprint density at radius 2 is 0.552 bits per heavy atom. The summed E-state index contributed by atoms with van der Waals surface area (Å²) < 4.78 is 68.2. The van der Waals surface area contributed by atoms with Gasteiger partial charge in [-0.05, 0) is 49.4 Å². The Balaban J connectivity index is 5.25. The van der Waals surface area contributed by atoms with Gasteiger partial charge in [0.15, 0.2) is 12.2 Å². The van der Waals surface area contributed by atoms with E-state index in [2.05, 4.69) is 55.4 Å². The van der Waals surface area contributed by atoms with E-state index in [9.17, 15) is 43.2 Å². The van der Waals surface area contributed by atoms with Gasteiger partial charge in [-0.2, -0.15) is 0 Å². The van der Waals surface area contributed by atoms with Crippen LogP contribution in [0.4, 0.5) is 0 Å². The molecule has 19 heteroatoms. The fourth-order valence-corrected chi connectivity index (χ4v) is 11.7. The predicted octanol–water partition coefficient (Wildman–Crippen LogP) is 18.9. The molecule has 0 fully saturated rings. The van der Waals surface area contributed by atoms with E-state index in [1.165, 1.54) is 128 Å². The summed E-state index contributed by atoms with van der Waals surface area (Å²) >= 11 is 0. The van der Waals surface area contributed by atoms with Crippen LogP contribution in [-0.2, 0) is 65.4 Å². The van der Waals surface area contributed by atoms with E-state index in [1.54, 1.807) is 0 Å². The van der Waals surface area contributed by atoms with Gasteiger partial charge in [0.1, 0.15) is 19.3 Å². The van der Waals surface area contributed by atoms with E-state index in [1.807, 2.05) is 0 Å². The fourth-order valence-electron chi connectivity index (χ4n) is 10.1. The summed E-state index contributed by atoms with van der Waals surface area (Å²) in [5.74, 6) is 0.810. The Morgan fingerprint density at radius 3 is 0.816 bits per heavy atom. The van der Waals surface area contributed by atoms with Crippen LogP contribution in [-0.4, -0.2) is 96.7 Å². The summed E-state index contributed by atoms with van der Waals surface area (Å²) in [5, 5.41) is 10.6. The molecule has 0 saturated carbocycles. The highest BCUT2D eigenvalue weighted by Crippen LogP contribution is 2.45. The van der Waals surface area contributed by atoms with Crippen LogP contribution in [0.25, 0.3) is 0 Å². The molecule has 0 aromatic heterocycles. The van der Waals surface area contributed by atoms with Gasteiger partial charge in [0.25, 0.3) is 0 Å². The maximum Gasteiger partial charge on any atom is 0.472 e. The highest BCUT2D eigenvalue weighted by molar-refractivity contribution is 7.47. The molecule has 516 valence electrons. The van der Waals surface area contributed by atoms with Crippen molar-refractivity contribution in [3.8, 4) is 0 Å². The van der Waals surface area contributed by atoms with E-state index < -0.39 is 97.5 Å². The van der Waals surface area contributed by atoms with Crippen LogP contribution < -0.4 is 0 Å². The number of hydrogen-bond acceptors (Lipinski definition) is 15. The minimum atomic E-state index is -4.95. The number of phosphoric acid groups is 2. The maximum absolute atomic E-state index is 13.0. The molecule has 0 rings (SSSR count). The molecule has 0 aliphatic carbocycles. The fraction of sp³-hybridized carbons (Fsp3) is 0.941. The largest absolute Gasteiger partial charge is 0.472 e. The van der Waals surface area contributed by atoms with E-state index in [-0.39, 0.29) is 25.7 Å². The van der Waals surface area contributed by atoms with Gasteiger partial charge in [-0.3, -0.25) is 37.3 Å². The average Bonchev–Trinajstić information content (AvgIpc) is 3.59. The zero-order valence-corrected chi connectivity index (χ0v) is 58.4. The van der Waals surface area contributed by atoms with Crippen LogP contribution >= 0.6 is 15.6 Å². The van der Waals surface area contributed by atoms with Gasteiger partial charge in [-0.15, -0.1) is 0 Å². The van der Waals surface area contributed by atoms with E-state index >= 15 is 0 Å². The van der Waals surface area contributed by atoms with Crippen molar-refractivity contribution < 1.29 is 80.2 Å². The maximum atomic E-state index is 13.0. The number of hydrogen-bond donors (Lipinski definition) is 3. The number of carbonyl (C=O) groups is 4. The first-order chi connectivity index (χ1) is 41.6. The van der Waals surface area contributed by atoms with Crippen molar-refractivity contribution in [2.24, 2.45) is 23.7 Å². The third-order valence-corrected chi connectivity index (χ3v) is 17.8. The van der Waals surface area contributed by atoms with E-state index in [0.29, 0.717) is 31.6 Å². The summed E-state index contributed by atoms with van der Waals surface area (Å²) in [5.41, 5.74) is 0. The molecule has 0 aliphatic rings. The monoisotopic (exact) mass is 1280 g/mol. The number of phosphoric ester groups is 2. The van der Waals surface area contributed by atoms with Gasteiger partial charge in [0.05, 0.1) is 26.4 Å². The SMILES string of the molecule is CCC(C)CCCCCCCCC(=O)O[C@H](COC(=O)CCCCCCCCCC(C)C)COP(=O)(O)OCC(O)COP(=O)(O)OC[C@@H](COC(=O)CCCCCCCCCCCC(C)C)OC(=O)CCCCCCCCCCCCCCC(C)C. The number of ether oxygens (including phenoxy) is 4. The third-order valence-electron chi connectivity index (χ3n) is 15.9. The smallest absolute Gasteiger partial charge is 0.462 e. The lowest BCUT2D eigenvalue weighted by atomic mass is 10.00. The first kappa shape index (κ1) is 85.1.